The van der Waals surface area contributed by atoms with E-state index in [1.807, 2.05) is 17.4 Å². The summed E-state index contributed by atoms with van der Waals surface area (Å²) >= 11 is 1.84. The lowest BCUT2D eigenvalue weighted by Gasteiger charge is -2.15. The van der Waals surface area contributed by atoms with Crippen molar-refractivity contribution >= 4 is 75.0 Å². The number of fused-ring (bicyclic) bond motifs is 10. The van der Waals surface area contributed by atoms with Crippen molar-refractivity contribution in [1.82, 2.24) is 19.5 Å². The maximum atomic E-state index is 5.55. The fourth-order valence-corrected chi connectivity index (χ4v) is 9.90. The zero-order valence-electron chi connectivity index (χ0n) is 31.2. The Bertz CT molecular complexity index is 3550. The molecule has 0 bridgehead atoms. The molecule has 12 aromatic rings. The summed E-state index contributed by atoms with van der Waals surface area (Å²) in [6.45, 7) is 0. The first-order valence-electron chi connectivity index (χ1n) is 19.5. The summed E-state index contributed by atoms with van der Waals surface area (Å²) in [5.41, 5.74) is 11.0. The van der Waals surface area contributed by atoms with Crippen LogP contribution in [0.5, 0.6) is 0 Å². The van der Waals surface area contributed by atoms with Crippen molar-refractivity contribution in [3.63, 3.8) is 0 Å². The molecular formula is C53H32N4S. The number of hydrogen-bond donors (Lipinski definition) is 0. The van der Waals surface area contributed by atoms with Gasteiger partial charge in [0.25, 0.3) is 0 Å². The molecule has 0 aliphatic rings. The topological polar surface area (TPSA) is 43.6 Å². The lowest BCUT2D eigenvalue weighted by Crippen LogP contribution is -1.98. The Morgan fingerprint density at radius 2 is 1.03 bits per heavy atom. The molecule has 58 heavy (non-hydrogen) atoms. The molecule has 270 valence electrons. The quantitative estimate of drug-likeness (QED) is 0.164. The molecule has 0 unspecified atom stereocenters. The van der Waals surface area contributed by atoms with Gasteiger partial charge in [-0.3, -0.25) is 0 Å². The highest BCUT2D eigenvalue weighted by Crippen LogP contribution is 2.45. The van der Waals surface area contributed by atoms with Gasteiger partial charge in [-0.25, -0.2) is 15.0 Å². The number of pyridine rings is 1. The molecule has 4 aromatic heterocycles. The highest BCUT2D eigenvalue weighted by molar-refractivity contribution is 7.26. The predicted molar refractivity (Wildman–Crippen MR) is 244 cm³/mol. The first-order chi connectivity index (χ1) is 28.8. The number of aromatic nitrogens is 4. The van der Waals surface area contributed by atoms with Gasteiger partial charge in [-0.15, -0.1) is 11.3 Å². The monoisotopic (exact) mass is 756 g/mol. The third-order valence-corrected chi connectivity index (χ3v) is 12.5. The van der Waals surface area contributed by atoms with Gasteiger partial charge in [-0.2, -0.15) is 0 Å². The average molecular weight is 757 g/mol. The van der Waals surface area contributed by atoms with Crippen molar-refractivity contribution in [1.29, 1.82) is 0 Å². The largest absolute Gasteiger partial charge is 0.309 e. The van der Waals surface area contributed by atoms with E-state index in [0.717, 1.165) is 66.8 Å². The summed E-state index contributed by atoms with van der Waals surface area (Å²) in [6, 6.07) is 68.8. The third kappa shape index (κ3) is 5.11. The van der Waals surface area contributed by atoms with Gasteiger partial charge in [0, 0.05) is 75.0 Å². The van der Waals surface area contributed by atoms with E-state index >= 15 is 0 Å². The van der Waals surface area contributed by atoms with Crippen LogP contribution in [-0.2, 0) is 0 Å². The number of thiophene rings is 1. The van der Waals surface area contributed by atoms with Gasteiger partial charge in [0.1, 0.15) is 0 Å². The van der Waals surface area contributed by atoms with Crippen LogP contribution in [0.2, 0.25) is 0 Å². The van der Waals surface area contributed by atoms with Crippen molar-refractivity contribution in [2.24, 2.45) is 0 Å². The molecule has 0 atom stereocenters. The van der Waals surface area contributed by atoms with Gasteiger partial charge >= 0.3 is 0 Å². The number of benzene rings is 8. The predicted octanol–water partition coefficient (Wildman–Crippen LogP) is 14.3. The molecular weight excluding hydrogens is 725 g/mol. The molecule has 0 radical (unpaired) electrons. The Hall–Kier alpha value is -7.47. The van der Waals surface area contributed by atoms with E-state index in [9.17, 15) is 0 Å². The average Bonchev–Trinajstić information content (AvgIpc) is 3.85. The summed E-state index contributed by atoms with van der Waals surface area (Å²) in [5, 5.41) is 8.34. The second-order valence-electron chi connectivity index (χ2n) is 14.7. The smallest absolute Gasteiger partial charge is 0.162 e. The first kappa shape index (κ1) is 32.7. The zero-order valence-corrected chi connectivity index (χ0v) is 32.0. The van der Waals surface area contributed by atoms with E-state index in [2.05, 4.69) is 193 Å². The highest BCUT2D eigenvalue weighted by Gasteiger charge is 2.21. The van der Waals surface area contributed by atoms with Crippen LogP contribution in [0.15, 0.2) is 194 Å². The Morgan fingerprint density at radius 3 is 1.84 bits per heavy atom. The summed E-state index contributed by atoms with van der Waals surface area (Å²) in [6.07, 6.45) is 0. The SMILES string of the molecule is c1ccc(-c2cc(-c3ccc4c(c3)c3ccccc3n4-c3ccccc3)nc(-c3cccc4c3nc(-c3ccccc3)c3ccc5sc6ccccc6c5c34)n2)cc1. The Labute approximate surface area is 338 Å². The summed E-state index contributed by atoms with van der Waals surface area (Å²) < 4.78 is 4.89. The second kappa shape index (κ2) is 13.1. The van der Waals surface area contributed by atoms with Crippen molar-refractivity contribution in [2.45, 2.75) is 0 Å². The molecule has 12 rings (SSSR count). The maximum Gasteiger partial charge on any atom is 0.162 e. The maximum absolute atomic E-state index is 5.55. The molecule has 0 aliphatic heterocycles. The molecule has 0 spiro atoms. The van der Waals surface area contributed by atoms with E-state index in [1.165, 1.54) is 41.8 Å². The van der Waals surface area contributed by atoms with Gasteiger partial charge < -0.3 is 4.57 Å². The molecule has 4 nitrogen and oxygen atoms in total. The fourth-order valence-electron chi connectivity index (χ4n) is 8.79. The molecule has 0 fully saturated rings. The van der Waals surface area contributed by atoms with Crippen LogP contribution < -0.4 is 0 Å². The number of para-hydroxylation sites is 3. The minimum atomic E-state index is 0.641. The van der Waals surface area contributed by atoms with Crippen LogP contribution in [0.1, 0.15) is 0 Å². The zero-order chi connectivity index (χ0) is 38.2. The Balaban J connectivity index is 1.14. The van der Waals surface area contributed by atoms with E-state index in [-0.39, 0.29) is 0 Å². The fraction of sp³-hybridized carbons (Fsp3) is 0. The van der Waals surface area contributed by atoms with E-state index < -0.39 is 0 Å². The highest BCUT2D eigenvalue weighted by atomic mass is 32.1. The summed E-state index contributed by atoms with van der Waals surface area (Å²) in [7, 11) is 0. The van der Waals surface area contributed by atoms with Gasteiger partial charge in [0.05, 0.1) is 33.6 Å². The minimum Gasteiger partial charge on any atom is -0.309 e. The molecule has 4 heterocycles. The molecule has 0 saturated carbocycles. The lowest BCUT2D eigenvalue weighted by atomic mass is 9.95. The van der Waals surface area contributed by atoms with Gasteiger partial charge in [0.2, 0.25) is 0 Å². The molecule has 0 amide bonds. The Kier molecular flexibility index (Phi) is 7.37. The van der Waals surface area contributed by atoms with Crippen molar-refractivity contribution < 1.29 is 0 Å². The molecule has 0 N–H and O–H groups in total. The second-order valence-corrected chi connectivity index (χ2v) is 15.8. The van der Waals surface area contributed by atoms with Crippen molar-refractivity contribution in [2.75, 3.05) is 0 Å². The van der Waals surface area contributed by atoms with E-state index in [0.29, 0.717) is 5.82 Å². The summed E-state index contributed by atoms with van der Waals surface area (Å²) in [5.74, 6) is 0.641. The summed E-state index contributed by atoms with van der Waals surface area (Å²) in [4.78, 5) is 16.3. The van der Waals surface area contributed by atoms with Gasteiger partial charge in [-0.05, 0) is 54.6 Å². The van der Waals surface area contributed by atoms with E-state index in [1.54, 1.807) is 0 Å². The first-order valence-corrected chi connectivity index (χ1v) is 20.3. The van der Waals surface area contributed by atoms with Crippen molar-refractivity contribution in [3.8, 4) is 50.8 Å². The van der Waals surface area contributed by atoms with Gasteiger partial charge in [0.15, 0.2) is 5.82 Å². The number of hydrogen-bond acceptors (Lipinski definition) is 4. The molecule has 5 heteroatoms. The minimum absolute atomic E-state index is 0.641. The standard InChI is InChI=1S/C53H32N4S/c1-4-15-33(16-5-1)43-32-44(35-27-29-46-42(31-35)37-21-10-12-25-45(37)57(46)36-19-8-3-9-20-36)55-53(54-43)41-24-14-23-39-49-40(51(56-52(39)41)34-17-6-2-7-18-34)28-30-48-50(49)38-22-11-13-26-47(38)58-48/h1-32H. The lowest BCUT2D eigenvalue weighted by molar-refractivity contribution is 1.18. The third-order valence-electron chi connectivity index (χ3n) is 11.4. The Morgan fingerprint density at radius 1 is 0.379 bits per heavy atom. The van der Waals surface area contributed by atoms with Crippen LogP contribution >= 0.6 is 11.3 Å². The van der Waals surface area contributed by atoms with Crippen LogP contribution in [0.25, 0.3) is 115 Å². The van der Waals surface area contributed by atoms with Crippen molar-refractivity contribution in [3.05, 3.63) is 194 Å². The number of nitrogens with zero attached hydrogens (tertiary/aromatic N) is 4. The number of rotatable bonds is 5. The van der Waals surface area contributed by atoms with Crippen LogP contribution in [0.3, 0.4) is 0 Å². The van der Waals surface area contributed by atoms with E-state index in [4.69, 9.17) is 15.0 Å². The molecule has 0 saturated heterocycles. The molecule has 0 aliphatic carbocycles. The van der Waals surface area contributed by atoms with Crippen LogP contribution in [0.4, 0.5) is 0 Å². The molecule has 8 aromatic carbocycles. The van der Waals surface area contributed by atoms with Crippen LogP contribution in [-0.4, -0.2) is 19.5 Å². The van der Waals surface area contributed by atoms with Crippen LogP contribution in [0, 0.1) is 0 Å². The normalized spacial score (nSPS) is 11.8. The van der Waals surface area contributed by atoms with Gasteiger partial charge in [-0.1, -0.05) is 140 Å².